The molecule has 0 radical (unpaired) electrons. The third-order valence-electron chi connectivity index (χ3n) is 3.98. The fourth-order valence-corrected chi connectivity index (χ4v) is 3.18. The molecule has 1 N–H and O–H groups in total. The van der Waals surface area contributed by atoms with Gasteiger partial charge in [-0.25, -0.2) is 0 Å². The maximum atomic E-state index is 12.2. The molecule has 0 aromatic heterocycles. The van der Waals surface area contributed by atoms with E-state index in [0.717, 1.165) is 22.2 Å². The second-order valence-electron chi connectivity index (χ2n) is 6.05. The topological polar surface area (TPSA) is 32.3 Å². The Morgan fingerprint density at radius 1 is 1.30 bits per heavy atom. The van der Waals surface area contributed by atoms with E-state index in [1.807, 2.05) is 24.3 Å². The lowest BCUT2D eigenvalue weighted by molar-refractivity contribution is 0.0797. The highest BCUT2D eigenvalue weighted by atomic mass is 127. The highest BCUT2D eigenvalue weighted by molar-refractivity contribution is 14.1. The summed E-state index contributed by atoms with van der Waals surface area (Å²) >= 11 is 2.23. The number of halogens is 1. The molecule has 0 unspecified atom stereocenters. The van der Waals surface area contributed by atoms with E-state index in [-0.39, 0.29) is 11.4 Å². The summed E-state index contributed by atoms with van der Waals surface area (Å²) < 4.78 is 1.09. The van der Waals surface area contributed by atoms with Crippen LogP contribution in [0.5, 0.6) is 0 Å². The second kappa shape index (κ2) is 6.89. The SMILES string of the molecule is CC(C)(CNC(=O)c1cccc(I)c1)N1CCCCC1. The van der Waals surface area contributed by atoms with Gasteiger partial charge in [0, 0.05) is 21.2 Å². The average Bonchev–Trinajstić information content (AvgIpc) is 2.46. The maximum Gasteiger partial charge on any atom is 0.251 e. The summed E-state index contributed by atoms with van der Waals surface area (Å²) in [7, 11) is 0. The normalized spacial score (nSPS) is 16.9. The summed E-state index contributed by atoms with van der Waals surface area (Å²) in [6.45, 7) is 7.41. The van der Waals surface area contributed by atoms with Crippen LogP contribution in [0.4, 0.5) is 0 Å². The third kappa shape index (κ3) is 4.19. The number of nitrogens with one attached hydrogen (secondary N) is 1. The summed E-state index contributed by atoms with van der Waals surface area (Å²) in [4.78, 5) is 14.7. The van der Waals surface area contributed by atoms with Crippen LogP contribution in [0.3, 0.4) is 0 Å². The van der Waals surface area contributed by atoms with Gasteiger partial charge in [0.15, 0.2) is 0 Å². The van der Waals surface area contributed by atoms with Gasteiger partial charge in [0.1, 0.15) is 0 Å². The zero-order valence-corrected chi connectivity index (χ0v) is 14.4. The van der Waals surface area contributed by atoms with Crippen molar-refractivity contribution in [1.82, 2.24) is 10.2 Å². The van der Waals surface area contributed by atoms with Crippen LogP contribution in [0.25, 0.3) is 0 Å². The molecule has 2 rings (SSSR count). The number of hydrogen-bond donors (Lipinski definition) is 1. The predicted molar refractivity (Wildman–Crippen MR) is 91.0 cm³/mol. The minimum Gasteiger partial charge on any atom is -0.350 e. The largest absolute Gasteiger partial charge is 0.350 e. The fraction of sp³-hybridized carbons (Fsp3) is 0.562. The first-order valence-electron chi connectivity index (χ1n) is 7.28. The van der Waals surface area contributed by atoms with Crippen LogP contribution < -0.4 is 5.32 Å². The number of amides is 1. The molecule has 1 aromatic carbocycles. The number of piperidine rings is 1. The van der Waals surface area contributed by atoms with E-state index in [0.29, 0.717) is 6.54 Å². The summed E-state index contributed by atoms with van der Waals surface area (Å²) in [5.74, 6) is 0.0219. The van der Waals surface area contributed by atoms with E-state index in [1.165, 1.54) is 19.3 Å². The molecule has 1 amide bonds. The van der Waals surface area contributed by atoms with E-state index >= 15 is 0 Å². The van der Waals surface area contributed by atoms with E-state index in [1.54, 1.807) is 0 Å². The standard InChI is InChI=1S/C16H23IN2O/c1-16(2,19-9-4-3-5-10-19)12-18-15(20)13-7-6-8-14(17)11-13/h6-8,11H,3-5,9-10,12H2,1-2H3,(H,18,20). The van der Waals surface area contributed by atoms with Crippen LogP contribution in [-0.2, 0) is 0 Å². The number of carbonyl (C=O) groups is 1. The number of carbonyl (C=O) groups excluding carboxylic acids is 1. The molecule has 20 heavy (non-hydrogen) atoms. The fourth-order valence-electron chi connectivity index (χ4n) is 2.64. The van der Waals surface area contributed by atoms with Gasteiger partial charge in [-0.2, -0.15) is 0 Å². The highest BCUT2D eigenvalue weighted by Gasteiger charge is 2.28. The molecule has 3 nitrogen and oxygen atoms in total. The van der Waals surface area contributed by atoms with Crippen molar-refractivity contribution < 1.29 is 4.79 Å². The van der Waals surface area contributed by atoms with Crippen molar-refractivity contribution in [1.29, 1.82) is 0 Å². The number of benzene rings is 1. The monoisotopic (exact) mass is 386 g/mol. The molecule has 0 atom stereocenters. The molecule has 0 spiro atoms. The average molecular weight is 386 g/mol. The van der Waals surface area contributed by atoms with Crippen LogP contribution in [0.2, 0.25) is 0 Å². The minimum atomic E-state index is 0.0219. The zero-order chi connectivity index (χ0) is 14.6. The Hall–Kier alpha value is -0.620. The van der Waals surface area contributed by atoms with Crippen LogP contribution >= 0.6 is 22.6 Å². The zero-order valence-electron chi connectivity index (χ0n) is 12.3. The first kappa shape index (κ1) is 15.8. The van der Waals surface area contributed by atoms with E-state index in [4.69, 9.17) is 0 Å². The first-order chi connectivity index (χ1) is 9.49. The molecule has 4 heteroatoms. The highest BCUT2D eigenvalue weighted by Crippen LogP contribution is 2.20. The van der Waals surface area contributed by atoms with E-state index < -0.39 is 0 Å². The van der Waals surface area contributed by atoms with Crippen molar-refractivity contribution in [2.24, 2.45) is 0 Å². The van der Waals surface area contributed by atoms with Crippen LogP contribution in [0, 0.1) is 3.57 Å². The third-order valence-corrected chi connectivity index (χ3v) is 4.65. The Labute approximate surface area is 135 Å². The van der Waals surface area contributed by atoms with Crippen molar-refractivity contribution >= 4 is 28.5 Å². The summed E-state index contributed by atoms with van der Waals surface area (Å²) in [5, 5.41) is 3.08. The molecule has 1 aromatic rings. The van der Waals surface area contributed by atoms with Gasteiger partial charge in [-0.05, 0) is 80.6 Å². The van der Waals surface area contributed by atoms with Gasteiger partial charge in [0.05, 0.1) is 0 Å². The molecule has 1 aliphatic rings. The first-order valence-corrected chi connectivity index (χ1v) is 8.36. The van der Waals surface area contributed by atoms with Crippen molar-refractivity contribution in [2.45, 2.75) is 38.6 Å². The summed E-state index contributed by atoms with van der Waals surface area (Å²) in [5.41, 5.74) is 0.768. The molecular weight excluding hydrogens is 363 g/mol. The summed E-state index contributed by atoms with van der Waals surface area (Å²) in [6, 6.07) is 7.71. The number of hydrogen-bond acceptors (Lipinski definition) is 2. The smallest absolute Gasteiger partial charge is 0.251 e. The molecular formula is C16H23IN2O. The van der Waals surface area contributed by atoms with Gasteiger partial charge in [0.25, 0.3) is 5.91 Å². The molecule has 1 fully saturated rings. The van der Waals surface area contributed by atoms with Gasteiger partial charge in [-0.15, -0.1) is 0 Å². The molecule has 1 heterocycles. The predicted octanol–water partition coefficient (Wildman–Crippen LogP) is 3.29. The van der Waals surface area contributed by atoms with Crippen molar-refractivity contribution in [3.05, 3.63) is 33.4 Å². The Kier molecular flexibility index (Phi) is 5.43. The molecule has 0 bridgehead atoms. The Morgan fingerprint density at radius 3 is 2.65 bits per heavy atom. The maximum absolute atomic E-state index is 12.2. The Morgan fingerprint density at radius 2 is 2.00 bits per heavy atom. The van der Waals surface area contributed by atoms with Gasteiger partial charge < -0.3 is 5.32 Å². The van der Waals surface area contributed by atoms with Gasteiger partial charge in [-0.3, -0.25) is 9.69 Å². The summed E-state index contributed by atoms with van der Waals surface area (Å²) in [6.07, 6.45) is 3.88. The van der Waals surface area contributed by atoms with Crippen molar-refractivity contribution in [2.75, 3.05) is 19.6 Å². The van der Waals surface area contributed by atoms with Gasteiger partial charge >= 0.3 is 0 Å². The van der Waals surface area contributed by atoms with E-state index in [9.17, 15) is 4.79 Å². The lowest BCUT2D eigenvalue weighted by Crippen LogP contribution is -2.53. The van der Waals surface area contributed by atoms with Gasteiger partial charge in [-0.1, -0.05) is 12.5 Å². The second-order valence-corrected chi connectivity index (χ2v) is 7.30. The number of rotatable bonds is 4. The Bertz CT molecular complexity index is 467. The number of nitrogens with zero attached hydrogens (tertiary/aromatic N) is 1. The molecule has 110 valence electrons. The quantitative estimate of drug-likeness (QED) is 0.806. The molecule has 0 aliphatic carbocycles. The molecule has 0 saturated carbocycles. The Balaban J connectivity index is 1.91. The van der Waals surface area contributed by atoms with Crippen molar-refractivity contribution in [3.8, 4) is 0 Å². The lowest BCUT2D eigenvalue weighted by atomic mass is 9.98. The molecule has 1 aliphatic heterocycles. The lowest BCUT2D eigenvalue weighted by Gasteiger charge is -2.41. The van der Waals surface area contributed by atoms with Crippen LogP contribution in [-0.4, -0.2) is 36.0 Å². The van der Waals surface area contributed by atoms with Crippen LogP contribution in [0.15, 0.2) is 24.3 Å². The van der Waals surface area contributed by atoms with Crippen molar-refractivity contribution in [3.63, 3.8) is 0 Å². The minimum absolute atomic E-state index is 0.0219. The molecule has 1 saturated heterocycles. The number of likely N-dealkylation sites (tertiary alicyclic amines) is 1. The van der Waals surface area contributed by atoms with Crippen LogP contribution in [0.1, 0.15) is 43.5 Å². The van der Waals surface area contributed by atoms with Gasteiger partial charge in [0.2, 0.25) is 0 Å². The van der Waals surface area contributed by atoms with E-state index in [2.05, 4.69) is 46.7 Å².